The molecular formula is C17H23N3OS. The van der Waals surface area contributed by atoms with Crippen LogP contribution in [0.5, 0.6) is 0 Å². The van der Waals surface area contributed by atoms with E-state index >= 15 is 0 Å². The summed E-state index contributed by atoms with van der Waals surface area (Å²) in [5.41, 5.74) is 3.26. The number of thiophene rings is 1. The minimum Gasteiger partial charge on any atom is -0.310 e. The predicted octanol–water partition coefficient (Wildman–Crippen LogP) is 3.13. The molecule has 5 heteroatoms. The first-order valence-electron chi connectivity index (χ1n) is 7.84. The highest BCUT2D eigenvalue weighted by molar-refractivity contribution is 7.12. The van der Waals surface area contributed by atoms with Crippen LogP contribution in [-0.2, 0) is 19.5 Å². The molecule has 2 aromatic rings. The van der Waals surface area contributed by atoms with E-state index in [4.69, 9.17) is 4.98 Å². The Kier molecular flexibility index (Phi) is 4.19. The van der Waals surface area contributed by atoms with Crippen molar-refractivity contribution in [3.8, 4) is 0 Å². The molecule has 0 aliphatic carbocycles. The molecule has 22 heavy (non-hydrogen) atoms. The van der Waals surface area contributed by atoms with Crippen molar-refractivity contribution in [2.75, 3.05) is 6.54 Å². The Morgan fingerprint density at radius 2 is 2.18 bits per heavy atom. The quantitative estimate of drug-likeness (QED) is 0.946. The summed E-state index contributed by atoms with van der Waals surface area (Å²) in [5, 5.41) is 0. The van der Waals surface area contributed by atoms with Gasteiger partial charge in [0.25, 0.3) is 5.56 Å². The smallest absolute Gasteiger partial charge is 0.254 e. The molecule has 3 rings (SSSR count). The molecule has 4 nitrogen and oxygen atoms in total. The maximum absolute atomic E-state index is 12.2. The molecule has 1 aliphatic rings. The van der Waals surface area contributed by atoms with E-state index in [0.717, 1.165) is 43.1 Å². The molecule has 0 unspecified atom stereocenters. The standard InChI is InChI=1S/C17H23N3OS/c1-10(2)16-18-15-9-20(6-5-14(15)17(21)19-16)8-13-7-11(3)12(4)22-13/h7,10H,5-6,8-9H2,1-4H3,(H,18,19,21). The summed E-state index contributed by atoms with van der Waals surface area (Å²) in [4.78, 5) is 25.0. The van der Waals surface area contributed by atoms with Gasteiger partial charge in [-0.3, -0.25) is 9.69 Å². The molecule has 0 atom stereocenters. The van der Waals surface area contributed by atoms with Gasteiger partial charge < -0.3 is 4.98 Å². The number of H-pyrrole nitrogens is 1. The molecule has 118 valence electrons. The van der Waals surface area contributed by atoms with Crippen molar-refractivity contribution in [2.45, 2.75) is 53.1 Å². The summed E-state index contributed by atoms with van der Waals surface area (Å²) in [6.45, 7) is 11.1. The number of rotatable bonds is 3. The highest BCUT2D eigenvalue weighted by atomic mass is 32.1. The molecule has 1 N–H and O–H groups in total. The summed E-state index contributed by atoms with van der Waals surface area (Å²) in [6.07, 6.45) is 0.791. The van der Waals surface area contributed by atoms with E-state index < -0.39 is 0 Å². The minimum atomic E-state index is 0.0520. The first-order valence-corrected chi connectivity index (χ1v) is 8.66. The largest absolute Gasteiger partial charge is 0.310 e. The number of nitrogens with one attached hydrogen (secondary N) is 1. The topological polar surface area (TPSA) is 49.0 Å². The molecule has 0 fully saturated rings. The Morgan fingerprint density at radius 1 is 1.41 bits per heavy atom. The van der Waals surface area contributed by atoms with Gasteiger partial charge in [-0.1, -0.05) is 13.8 Å². The molecular weight excluding hydrogens is 294 g/mol. The molecule has 0 spiro atoms. The van der Waals surface area contributed by atoms with Gasteiger partial charge in [0.2, 0.25) is 0 Å². The van der Waals surface area contributed by atoms with Gasteiger partial charge in [0.15, 0.2) is 0 Å². The van der Waals surface area contributed by atoms with Gasteiger partial charge in [-0.2, -0.15) is 0 Å². The lowest BCUT2D eigenvalue weighted by molar-refractivity contribution is 0.242. The van der Waals surface area contributed by atoms with Crippen molar-refractivity contribution in [1.82, 2.24) is 14.9 Å². The van der Waals surface area contributed by atoms with E-state index in [2.05, 4.69) is 43.6 Å². The van der Waals surface area contributed by atoms with Gasteiger partial charge in [0, 0.05) is 40.9 Å². The van der Waals surface area contributed by atoms with Gasteiger partial charge in [0.05, 0.1) is 5.69 Å². The average Bonchev–Trinajstić information content (AvgIpc) is 2.76. The van der Waals surface area contributed by atoms with Crippen molar-refractivity contribution < 1.29 is 0 Å². The van der Waals surface area contributed by atoms with Crippen LogP contribution < -0.4 is 5.56 Å². The Hall–Kier alpha value is -1.46. The molecule has 0 saturated carbocycles. The lowest BCUT2D eigenvalue weighted by Gasteiger charge is -2.27. The number of fused-ring (bicyclic) bond motifs is 1. The number of hydrogen-bond acceptors (Lipinski definition) is 4. The third kappa shape index (κ3) is 3.01. The van der Waals surface area contributed by atoms with Gasteiger partial charge in [-0.05, 0) is 31.9 Å². The molecule has 2 aromatic heterocycles. The maximum atomic E-state index is 12.2. The summed E-state index contributed by atoms with van der Waals surface area (Å²) >= 11 is 1.87. The molecule has 0 radical (unpaired) electrons. The maximum Gasteiger partial charge on any atom is 0.254 e. The fourth-order valence-electron chi connectivity index (χ4n) is 2.87. The monoisotopic (exact) mass is 317 g/mol. The van der Waals surface area contributed by atoms with Gasteiger partial charge >= 0.3 is 0 Å². The Bertz CT molecular complexity index is 725. The van der Waals surface area contributed by atoms with Crippen molar-refractivity contribution in [2.24, 2.45) is 0 Å². The van der Waals surface area contributed by atoms with Crippen LogP contribution >= 0.6 is 11.3 Å². The number of nitrogens with zero attached hydrogens (tertiary/aromatic N) is 2. The highest BCUT2D eigenvalue weighted by Crippen LogP contribution is 2.24. The third-order valence-electron chi connectivity index (χ3n) is 4.31. The summed E-state index contributed by atoms with van der Waals surface area (Å²) in [6, 6.07) is 2.28. The number of hydrogen-bond donors (Lipinski definition) is 1. The zero-order valence-corrected chi connectivity index (χ0v) is 14.5. The fourth-order valence-corrected chi connectivity index (χ4v) is 3.97. The van der Waals surface area contributed by atoms with Crippen molar-refractivity contribution in [3.05, 3.63) is 48.8 Å². The molecule has 3 heterocycles. The van der Waals surface area contributed by atoms with Gasteiger partial charge in [-0.25, -0.2) is 4.98 Å². The first kappa shape index (κ1) is 15.4. The van der Waals surface area contributed by atoms with Crippen LogP contribution in [0.2, 0.25) is 0 Å². The summed E-state index contributed by atoms with van der Waals surface area (Å²) < 4.78 is 0. The number of aromatic nitrogens is 2. The lowest BCUT2D eigenvalue weighted by Crippen LogP contribution is -2.35. The predicted molar refractivity (Wildman–Crippen MR) is 90.6 cm³/mol. The average molecular weight is 317 g/mol. The summed E-state index contributed by atoms with van der Waals surface area (Å²) in [5.74, 6) is 1.05. The van der Waals surface area contributed by atoms with Crippen LogP contribution in [-0.4, -0.2) is 21.4 Å². The molecule has 0 bridgehead atoms. The Morgan fingerprint density at radius 3 is 2.82 bits per heavy atom. The summed E-state index contributed by atoms with van der Waals surface area (Å²) in [7, 11) is 0. The fraction of sp³-hybridized carbons (Fsp3) is 0.529. The Labute approximate surface area is 135 Å². The molecule has 0 aromatic carbocycles. The molecule has 1 aliphatic heterocycles. The zero-order chi connectivity index (χ0) is 15.9. The minimum absolute atomic E-state index is 0.0520. The van der Waals surface area contributed by atoms with E-state index in [0.29, 0.717) is 0 Å². The van der Waals surface area contributed by atoms with E-state index in [1.807, 2.05) is 11.3 Å². The second kappa shape index (κ2) is 5.97. The molecule has 0 amide bonds. The van der Waals surface area contributed by atoms with E-state index in [-0.39, 0.29) is 11.5 Å². The molecule has 0 saturated heterocycles. The van der Waals surface area contributed by atoms with Crippen molar-refractivity contribution in [1.29, 1.82) is 0 Å². The van der Waals surface area contributed by atoms with E-state index in [1.165, 1.54) is 15.3 Å². The van der Waals surface area contributed by atoms with Crippen LogP contribution in [0.1, 0.15) is 52.2 Å². The zero-order valence-electron chi connectivity index (χ0n) is 13.7. The first-order chi connectivity index (χ1) is 10.4. The normalized spacial score (nSPS) is 15.3. The van der Waals surface area contributed by atoms with Crippen LogP contribution in [0.3, 0.4) is 0 Å². The number of aryl methyl sites for hydroxylation is 2. The van der Waals surface area contributed by atoms with E-state index in [1.54, 1.807) is 0 Å². The SMILES string of the molecule is Cc1cc(CN2CCc3c(nc(C(C)C)[nH]c3=O)C2)sc1C. The second-order valence-corrected chi connectivity index (χ2v) is 7.78. The second-order valence-electron chi connectivity index (χ2n) is 6.44. The van der Waals surface area contributed by atoms with Crippen molar-refractivity contribution >= 4 is 11.3 Å². The van der Waals surface area contributed by atoms with Crippen LogP contribution in [0, 0.1) is 13.8 Å². The number of aromatic amines is 1. The third-order valence-corrected chi connectivity index (χ3v) is 5.45. The van der Waals surface area contributed by atoms with Crippen LogP contribution in [0.4, 0.5) is 0 Å². The van der Waals surface area contributed by atoms with Crippen LogP contribution in [0.15, 0.2) is 10.9 Å². The van der Waals surface area contributed by atoms with Crippen molar-refractivity contribution in [3.63, 3.8) is 0 Å². The highest BCUT2D eigenvalue weighted by Gasteiger charge is 2.22. The lowest BCUT2D eigenvalue weighted by atomic mass is 10.1. The van der Waals surface area contributed by atoms with Crippen LogP contribution in [0.25, 0.3) is 0 Å². The van der Waals surface area contributed by atoms with Gasteiger partial charge in [-0.15, -0.1) is 11.3 Å². The Balaban J connectivity index is 1.82. The van der Waals surface area contributed by atoms with Gasteiger partial charge in [0.1, 0.15) is 5.82 Å². The van der Waals surface area contributed by atoms with E-state index in [9.17, 15) is 4.79 Å².